The zero-order chi connectivity index (χ0) is 24.0. The molecule has 0 aromatic heterocycles. The van der Waals surface area contributed by atoms with Gasteiger partial charge in [0.1, 0.15) is 0 Å². The quantitative estimate of drug-likeness (QED) is 0.226. The van der Waals surface area contributed by atoms with Crippen LogP contribution in [0.3, 0.4) is 0 Å². The maximum Gasteiger partial charge on any atom is 0.310 e. The predicted molar refractivity (Wildman–Crippen MR) is 127 cm³/mol. The highest BCUT2D eigenvalue weighted by atomic mass is 16.6. The highest BCUT2D eigenvalue weighted by Gasteiger charge is 2.39. The number of non-ortho nitro benzene ring substituents is 1. The summed E-state index contributed by atoms with van der Waals surface area (Å²) in [6.07, 6.45) is 1.27. The van der Waals surface area contributed by atoms with E-state index in [1.54, 1.807) is 24.3 Å². The van der Waals surface area contributed by atoms with E-state index in [4.69, 9.17) is 0 Å². The van der Waals surface area contributed by atoms with E-state index in [1.807, 2.05) is 50.2 Å². The highest BCUT2D eigenvalue weighted by molar-refractivity contribution is 6.00. The molecule has 0 saturated heterocycles. The highest BCUT2D eigenvalue weighted by Crippen LogP contribution is 2.35. The molecule has 0 aliphatic rings. The van der Waals surface area contributed by atoms with Crippen molar-refractivity contribution < 1.29 is 19.6 Å². The Morgan fingerprint density at radius 3 is 2.15 bits per heavy atom. The lowest BCUT2D eigenvalue weighted by molar-refractivity contribution is -0.384. The van der Waals surface area contributed by atoms with Crippen molar-refractivity contribution in [3.8, 4) is 11.1 Å². The van der Waals surface area contributed by atoms with Crippen LogP contribution < -0.4 is 0 Å². The molecule has 170 valence electrons. The summed E-state index contributed by atoms with van der Waals surface area (Å²) in [6, 6.07) is 21.3. The van der Waals surface area contributed by atoms with Crippen LogP contribution in [0.2, 0.25) is 0 Å². The topological polar surface area (TPSA) is 97.5 Å². The average molecular weight is 446 g/mol. The molecule has 0 spiro atoms. The van der Waals surface area contributed by atoms with E-state index in [-0.39, 0.29) is 17.9 Å². The van der Waals surface area contributed by atoms with Crippen LogP contribution in [0.15, 0.2) is 72.8 Å². The molecule has 0 heterocycles. The first kappa shape index (κ1) is 23.9. The van der Waals surface area contributed by atoms with E-state index in [1.165, 1.54) is 12.1 Å². The van der Waals surface area contributed by atoms with Gasteiger partial charge < -0.3 is 5.11 Å². The molecule has 3 rings (SSSR count). The van der Waals surface area contributed by atoms with E-state index in [2.05, 4.69) is 0 Å². The molecule has 0 amide bonds. The van der Waals surface area contributed by atoms with Crippen LogP contribution in [0.4, 0.5) is 5.69 Å². The summed E-state index contributed by atoms with van der Waals surface area (Å²) < 4.78 is 0. The summed E-state index contributed by atoms with van der Waals surface area (Å²) in [6.45, 7) is 3.64. The van der Waals surface area contributed by atoms with Gasteiger partial charge in [-0.2, -0.15) is 0 Å². The Labute approximate surface area is 193 Å². The van der Waals surface area contributed by atoms with Gasteiger partial charge in [-0.15, -0.1) is 0 Å². The molecular formula is C27H27NO5. The van der Waals surface area contributed by atoms with Gasteiger partial charge in [0.2, 0.25) is 0 Å². The summed E-state index contributed by atoms with van der Waals surface area (Å²) in [5.74, 6) is -1.14. The Balaban J connectivity index is 1.80. The van der Waals surface area contributed by atoms with Crippen molar-refractivity contribution in [1.82, 2.24) is 0 Å². The van der Waals surface area contributed by atoms with Crippen molar-refractivity contribution in [2.24, 2.45) is 5.41 Å². The normalized spacial score (nSPS) is 12.7. The first-order chi connectivity index (χ1) is 15.8. The number of carboxylic acid groups (broad SMARTS) is 1. The molecule has 3 aromatic carbocycles. The number of hydrogen-bond donors (Lipinski definition) is 1. The molecule has 33 heavy (non-hydrogen) atoms. The molecule has 1 atom stereocenters. The number of ketones is 1. The second kappa shape index (κ2) is 10.2. The van der Waals surface area contributed by atoms with Crippen LogP contribution in [-0.2, 0) is 11.2 Å². The fraction of sp³-hybridized carbons (Fsp3) is 0.259. The minimum absolute atomic E-state index is 0.0161. The van der Waals surface area contributed by atoms with Gasteiger partial charge in [-0.05, 0) is 60.6 Å². The molecular weight excluding hydrogens is 418 g/mol. The van der Waals surface area contributed by atoms with Gasteiger partial charge in [0.05, 0.1) is 10.3 Å². The molecule has 0 saturated carbocycles. The molecule has 0 bridgehead atoms. The Bertz CT molecular complexity index is 1150. The third kappa shape index (κ3) is 5.52. The van der Waals surface area contributed by atoms with Crippen LogP contribution in [0.5, 0.6) is 0 Å². The van der Waals surface area contributed by atoms with Crippen molar-refractivity contribution in [2.75, 3.05) is 0 Å². The first-order valence-electron chi connectivity index (χ1n) is 10.9. The lowest BCUT2D eigenvalue weighted by Gasteiger charge is -2.28. The Morgan fingerprint density at radius 2 is 1.61 bits per heavy atom. The molecule has 3 aromatic rings. The molecule has 0 aliphatic carbocycles. The minimum atomic E-state index is -1.13. The van der Waals surface area contributed by atoms with Crippen molar-refractivity contribution in [1.29, 1.82) is 0 Å². The number of nitro groups is 1. The fourth-order valence-electron chi connectivity index (χ4n) is 4.09. The van der Waals surface area contributed by atoms with Gasteiger partial charge in [-0.3, -0.25) is 19.7 Å². The summed E-state index contributed by atoms with van der Waals surface area (Å²) in [5, 5.41) is 20.9. The predicted octanol–water partition coefficient (Wildman–Crippen LogP) is 6.26. The summed E-state index contributed by atoms with van der Waals surface area (Å²) in [4.78, 5) is 35.8. The van der Waals surface area contributed by atoms with E-state index in [0.29, 0.717) is 24.8 Å². The number of carbonyl (C=O) groups excluding carboxylic acids is 1. The SMILES string of the molecule is CCC(CCc1ccccc1)(CC(=O)c1ccc(-c2ccc([N+](=O)[O-])cc2)cc1C)C(=O)O. The lowest BCUT2D eigenvalue weighted by Crippen LogP contribution is -2.34. The van der Waals surface area contributed by atoms with E-state index >= 15 is 0 Å². The van der Waals surface area contributed by atoms with E-state index < -0.39 is 16.3 Å². The van der Waals surface area contributed by atoms with E-state index in [0.717, 1.165) is 22.3 Å². The maximum absolute atomic E-state index is 13.2. The van der Waals surface area contributed by atoms with Crippen LogP contribution >= 0.6 is 0 Å². The average Bonchev–Trinajstić information content (AvgIpc) is 2.82. The number of nitro benzene ring substituents is 1. The van der Waals surface area contributed by atoms with Crippen LogP contribution in [0.1, 0.15) is 47.7 Å². The van der Waals surface area contributed by atoms with Crippen LogP contribution in [0.25, 0.3) is 11.1 Å². The van der Waals surface area contributed by atoms with Gasteiger partial charge >= 0.3 is 5.97 Å². The number of Topliss-reactive ketones (excluding diaryl/α,β-unsaturated/α-hetero) is 1. The maximum atomic E-state index is 13.2. The number of benzene rings is 3. The third-order valence-electron chi connectivity index (χ3n) is 6.30. The van der Waals surface area contributed by atoms with Crippen molar-refractivity contribution in [3.63, 3.8) is 0 Å². The number of hydrogen-bond acceptors (Lipinski definition) is 4. The molecule has 6 nitrogen and oxygen atoms in total. The smallest absolute Gasteiger partial charge is 0.310 e. The first-order valence-corrected chi connectivity index (χ1v) is 10.9. The van der Waals surface area contributed by atoms with Crippen LogP contribution in [-0.4, -0.2) is 21.8 Å². The third-order valence-corrected chi connectivity index (χ3v) is 6.30. The summed E-state index contributed by atoms with van der Waals surface area (Å²) >= 11 is 0. The standard InChI is InChI=1S/C27H27NO5/c1-3-27(26(30)31,16-15-20-7-5-4-6-8-20)18-25(29)24-14-11-22(17-19(24)2)21-9-12-23(13-10-21)28(32)33/h4-14,17H,3,15-16,18H2,1-2H3,(H,30,31). The second-order valence-electron chi connectivity index (χ2n) is 8.36. The number of carboxylic acids is 1. The molecule has 1 unspecified atom stereocenters. The molecule has 0 fully saturated rings. The molecule has 6 heteroatoms. The second-order valence-corrected chi connectivity index (χ2v) is 8.36. The van der Waals surface area contributed by atoms with Gasteiger partial charge in [0, 0.05) is 24.1 Å². The van der Waals surface area contributed by atoms with Crippen molar-refractivity contribution in [2.45, 2.75) is 39.5 Å². The number of aliphatic carboxylic acids is 1. The Hall–Kier alpha value is -3.80. The largest absolute Gasteiger partial charge is 0.481 e. The zero-order valence-corrected chi connectivity index (χ0v) is 18.8. The number of carbonyl (C=O) groups is 2. The van der Waals surface area contributed by atoms with Crippen molar-refractivity contribution in [3.05, 3.63) is 99.6 Å². The fourth-order valence-corrected chi connectivity index (χ4v) is 4.09. The minimum Gasteiger partial charge on any atom is -0.481 e. The summed E-state index contributed by atoms with van der Waals surface area (Å²) in [7, 11) is 0. The molecule has 1 N–H and O–H groups in total. The Kier molecular flexibility index (Phi) is 7.38. The zero-order valence-electron chi connectivity index (χ0n) is 18.8. The lowest BCUT2D eigenvalue weighted by atomic mass is 9.74. The number of aryl methyl sites for hydroxylation is 2. The summed E-state index contributed by atoms with van der Waals surface area (Å²) in [5.41, 5.74) is 2.82. The van der Waals surface area contributed by atoms with Crippen molar-refractivity contribution >= 4 is 17.4 Å². The van der Waals surface area contributed by atoms with Gasteiger partial charge in [-0.25, -0.2) is 0 Å². The van der Waals surface area contributed by atoms with Crippen LogP contribution in [0, 0.1) is 22.5 Å². The van der Waals surface area contributed by atoms with Gasteiger partial charge in [-0.1, -0.05) is 55.5 Å². The van der Waals surface area contributed by atoms with Gasteiger partial charge in [0.25, 0.3) is 5.69 Å². The number of nitrogens with zero attached hydrogens (tertiary/aromatic N) is 1. The molecule has 0 radical (unpaired) electrons. The number of rotatable bonds is 10. The monoisotopic (exact) mass is 445 g/mol. The molecule has 0 aliphatic heterocycles. The van der Waals surface area contributed by atoms with Gasteiger partial charge in [0.15, 0.2) is 5.78 Å². The van der Waals surface area contributed by atoms with E-state index in [9.17, 15) is 24.8 Å². The Morgan fingerprint density at radius 1 is 0.970 bits per heavy atom.